The normalized spacial score (nSPS) is 17.1. The Kier molecular flexibility index (Phi) is 7.36. The van der Waals surface area contributed by atoms with E-state index in [0.29, 0.717) is 17.1 Å². The summed E-state index contributed by atoms with van der Waals surface area (Å²) in [6, 6.07) is 25.4. The molecule has 0 saturated heterocycles. The highest BCUT2D eigenvalue weighted by Crippen LogP contribution is 2.48. The van der Waals surface area contributed by atoms with Gasteiger partial charge in [0.2, 0.25) is 0 Å². The van der Waals surface area contributed by atoms with Crippen molar-refractivity contribution in [1.29, 1.82) is 0 Å². The van der Waals surface area contributed by atoms with Crippen LogP contribution in [0.3, 0.4) is 0 Å². The SMILES string of the molecule is Cc1ccc(C2=C(C(=O)Nc3ccc(F)cc3)C(=O)NC(c3ccc(Oc4ccccc4)cc3)(C(F)(F)F)C2)cc1. The molecule has 208 valence electrons. The van der Waals surface area contributed by atoms with Crippen molar-refractivity contribution >= 4 is 23.1 Å². The van der Waals surface area contributed by atoms with Gasteiger partial charge in [0.15, 0.2) is 5.54 Å². The van der Waals surface area contributed by atoms with Crippen molar-refractivity contribution in [2.24, 2.45) is 0 Å². The van der Waals surface area contributed by atoms with Crippen LogP contribution in [0.1, 0.15) is 23.1 Å². The molecule has 0 saturated carbocycles. The molecule has 0 aliphatic carbocycles. The molecule has 0 spiro atoms. The van der Waals surface area contributed by atoms with Gasteiger partial charge in [-0.05, 0) is 72.2 Å². The molecule has 41 heavy (non-hydrogen) atoms. The predicted octanol–water partition coefficient (Wildman–Crippen LogP) is 7.30. The summed E-state index contributed by atoms with van der Waals surface area (Å²) < 4.78 is 64.0. The second kappa shape index (κ2) is 10.9. The molecule has 2 amide bonds. The number of hydrogen-bond acceptors (Lipinski definition) is 3. The lowest BCUT2D eigenvalue weighted by atomic mass is 9.76. The Morgan fingerprint density at radius 1 is 0.854 bits per heavy atom. The first kappa shape index (κ1) is 27.6. The molecular formula is C32H24F4N2O3. The van der Waals surface area contributed by atoms with Crippen molar-refractivity contribution in [3.63, 3.8) is 0 Å². The highest BCUT2D eigenvalue weighted by Gasteiger charge is 2.60. The van der Waals surface area contributed by atoms with Crippen LogP contribution < -0.4 is 15.4 Å². The van der Waals surface area contributed by atoms with Gasteiger partial charge in [0.25, 0.3) is 11.8 Å². The number of para-hydroxylation sites is 1. The predicted molar refractivity (Wildman–Crippen MR) is 147 cm³/mol. The van der Waals surface area contributed by atoms with E-state index < -0.39 is 41.3 Å². The maximum absolute atomic E-state index is 15.0. The van der Waals surface area contributed by atoms with E-state index in [1.165, 1.54) is 36.4 Å². The third-order valence-electron chi connectivity index (χ3n) is 6.84. The van der Waals surface area contributed by atoms with Crippen molar-refractivity contribution < 1.29 is 31.9 Å². The standard InChI is InChI=1S/C32H24F4N2O3/c1-20-7-9-21(10-8-20)27-19-31(32(34,35)36,22-11-17-26(18-12-22)41-25-5-3-2-4-6-25)38-30(40)28(27)29(39)37-24-15-13-23(33)14-16-24/h2-18H,19H2,1H3,(H,37,39)(H,38,40). The van der Waals surface area contributed by atoms with E-state index in [9.17, 15) is 27.2 Å². The molecule has 1 unspecified atom stereocenters. The van der Waals surface area contributed by atoms with Gasteiger partial charge in [0.1, 0.15) is 22.9 Å². The zero-order valence-electron chi connectivity index (χ0n) is 21.8. The molecule has 0 fully saturated rings. The molecule has 1 heterocycles. The fourth-order valence-corrected chi connectivity index (χ4v) is 4.70. The molecule has 0 radical (unpaired) electrons. The Morgan fingerprint density at radius 2 is 1.46 bits per heavy atom. The average Bonchev–Trinajstić information content (AvgIpc) is 2.94. The number of hydrogen-bond donors (Lipinski definition) is 2. The largest absolute Gasteiger partial charge is 0.457 e. The van der Waals surface area contributed by atoms with Crippen LogP contribution in [0.2, 0.25) is 0 Å². The van der Waals surface area contributed by atoms with Crippen LogP contribution in [0.15, 0.2) is 109 Å². The third-order valence-corrected chi connectivity index (χ3v) is 6.84. The van der Waals surface area contributed by atoms with Crippen LogP contribution in [0.4, 0.5) is 23.2 Å². The maximum atomic E-state index is 15.0. The van der Waals surface area contributed by atoms with Crippen molar-refractivity contribution in [2.75, 3.05) is 5.32 Å². The Morgan fingerprint density at radius 3 is 2.07 bits per heavy atom. The lowest BCUT2D eigenvalue weighted by molar-refractivity contribution is -0.201. The van der Waals surface area contributed by atoms with E-state index in [1.807, 2.05) is 13.0 Å². The number of aryl methyl sites for hydroxylation is 1. The first-order chi connectivity index (χ1) is 19.6. The fraction of sp³-hybridized carbons (Fsp3) is 0.125. The summed E-state index contributed by atoms with van der Waals surface area (Å²) >= 11 is 0. The van der Waals surface area contributed by atoms with Crippen LogP contribution in [0.5, 0.6) is 11.5 Å². The lowest BCUT2D eigenvalue weighted by Gasteiger charge is -2.41. The summed E-state index contributed by atoms with van der Waals surface area (Å²) in [5, 5.41) is 4.60. The zero-order valence-corrected chi connectivity index (χ0v) is 21.8. The Bertz CT molecular complexity index is 1600. The van der Waals surface area contributed by atoms with E-state index in [-0.39, 0.29) is 16.8 Å². The van der Waals surface area contributed by atoms with E-state index in [1.54, 1.807) is 48.5 Å². The Balaban J connectivity index is 1.57. The third kappa shape index (κ3) is 5.70. The molecule has 5 nitrogen and oxygen atoms in total. The summed E-state index contributed by atoms with van der Waals surface area (Å²) in [6.07, 6.45) is -5.67. The minimum absolute atomic E-state index is 0.0738. The maximum Gasteiger partial charge on any atom is 0.416 e. The number of nitrogens with one attached hydrogen (secondary N) is 2. The molecule has 4 aromatic rings. The summed E-state index contributed by atoms with van der Waals surface area (Å²) in [6.45, 7) is 1.81. The first-order valence-corrected chi connectivity index (χ1v) is 12.7. The van der Waals surface area contributed by atoms with E-state index in [4.69, 9.17) is 4.74 Å². The van der Waals surface area contributed by atoms with Gasteiger partial charge in [-0.15, -0.1) is 0 Å². The number of benzene rings is 4. The summed E-state index contributed by atoms with van der Waals surface area (Å²) in [7, 11) is 0. The smallest absolute Gasteiger partial charge is 0.416 e. The topological polar surface area (TPSA) is 67.4 Å². The van der Waals surface area contributed by atoms with Gasteiger partial charge in [-0.25, -0.2) is 4.39 Å². The number of amides is 2. The van der Waals surface area contributed by atoms with Gasteiger partial charge in [0.05, 0.1) is 0 Å². The van der Waals surface area contributed by atoms with Gasteiger partial charge < -0.3 is 15.4 Å². The van der Waals surface area contributed by atoms with Crippen molar-refractivity contribution in [2.45, 2.75) is 25.1 Å². The van der Waals surface area contributed by atoms with E-state index in [2.05, 4.69) is 10.6 Å². The highest BCUT2D eigenvalue weighted by atomic mass is 19.4. The van der Waals surface area contributed by atoms with Gasteiger partial charge in [0, 0.05) is 12.1 Å². The fourth-order valence-electron chi connectivity index (χ4n) is 4.70. The molecule has 4 aromatic carbocycles. The van der Waals surface area contributed by atoms with E-state index >= 15 is 0 Å². The Hall–Kier alpha value is -4.92. The lowest BCUT2D eigenvalue weighted by Crippen LogP contribution is -2.59. The minimum atomic E-state index is -4.93. The highest BCUT2D eigenvalue weighted by molar-refractivity contribution is 6.28. The first-order valence-electron chi connectivity index (χ1n) is 12.7. The number of ether oxygens (including phenoxy) is 1. The quantitative estimate of drug-likeness (QED) is 0.192. The van der Waals surface area contributed by atoms with Crippen LogP contribution in [0, 0.1) is 12.7 Å². The second-order valence-electron chi connectivity index (χ2n) is 9.65. The molecule has 5 rings (SSSR count). The molecule has 1 aliphatic rings. The van der Waals surface area contributed by atoms with Crippen molar-refractivity contribution in [3.05, 3.63) is 131 Å². The van der Waals surface area contributed by atoms with Gasteiger partial charge in [-0.3, -0.25) is 9.59 Å². The summed E-state index contributed by atoms with van der Waals surface area (Å²) in [5.41, 5.74) is -2.24. The molecule has 1 atom stereocenters. The van der Waals surface area contributed by atoms with Gasteiger partial charge in [-0.1, -0.05) is 60.2 Å². The molecule has 0 aromatic heterocycles. The zero-order chi connectivity index (χ0) is 29.2. The summed E-state index contributed by atoms with van der Waals surface area (Å²) in [4.78, 5) is 26.8. The summed E-state index contributed by atoms with van der Waals surface area (Å²) in [5.74, 6) is -1.81. The monoisotopic (exact) mass is 560 g/mol. The molecule has 1 aliphatic heterocycles. The van der Waals surface area contributed by atoms with Crippen LogP contribution in [-0.2, 0) is 15.1 Å². The van der Waals surface area contributed by atoms with Crippen molar-refractivity contribution in [1.82, 2.24) is 5.32 Å². The number of carbonyl (C=O) groups excluding carboxylic acids is 2. The second-order valence-corrected chi connectivity index (χ2v) is 9.65. The number of halogens is 4. The number of carbonyl (C=O) groups is 2. The minimum Gasteiger partial charge on any atom is -0.457 e. The number of rotatable bonds is 6. The van der Waals surface area contributed by atoms with Crippen LogP contribution >= 0.6 is 0 Å². The molecule has 0 bridgehead atoms. The van der Waals surface area contributed by atoms with Crippen LogP contribution in [-0.4, -0.2) is 18.0 Å². The van der Waals surface area contributed by atoms with Gasteiger partial charge in [-0.2, -0.15) is 13.2 Å². The molecule has 9 heteroatoms. The molecular weight excluding hydrogens is 536 g/mol. The van der Waals surface area contributed by atoms with Gasteiger partial charge >= 0.3 is 6.18 Å². The Labute approximate surface area is 233 Å². The van der Waals surface area contributed by atoms with Crippen molar-refractivity contribution in [3.8, 4) is 11.5 Å². The molecule has 2 N–H and O–H groups in total. The number of alkyl halides is 3. The van der Waals surface area contributed by atoms with Crippen LogP contribution in [0.25, 0.3) is 5.57 Å². The van der Waals surface area contributed by atoms with E-state index in [0.717, 1.165) is 17.7 Å². The number of anilines is 1. The average molecular weight is 561 g/mol.